The molecular weight excluding hydrogens is 452 g/mol. The minimum Gasteiger partial charge on any atom is -0.492 e. The molecular formula is C25H35ClN6O2. The lowest BCUT2D eigenvalue weighted by Gasteiger charge is -2.20. The molecule has 34 heavy (non-hydrogen) atoms. The Labute approximate surface area is 207 Å². The number of hydrogen-bond donors (Lipinski definition) is 1. The molecule has 1 aromatic heterocycles. The smallest absolute Gasteiger partial charge is 0.350 e. The van der Waals surface area contributed by atoms with E-state index in [4.69, 9.17) is 4.74 Å². The molecule has 8 nitrogen and oxygen atoms in total. The monoisotopic (exact) mass is 486 g/mol. The Morgan fingerprint density at radius 2 is 1.76 bits per heavy atom. The zero-order valence-electron chi connectivity index (χ0n) is 19.8. The van der Waals surface area contributed by atoms with Gasteiger partial charge in [0.15, 0.2) is 0 Å². The van der Waals surface area contributed by atoms with Crippen LogP contribution in [0.2, 0.25) is 0 Å². The van der Waals surface area contributed by atoms with E-state index in [0.717, 1.165) is 37.6 Å². The fourth-order valence-electron chi connectivity index (χ4n) is 4.01. The highest BCUT2D eigenvalue weighted by Gasteiger charge is 2.13. The lowest BCUT2D eigenvalue weighted by atomic mass is 10.2. The lowest BCUT2D eigenvalue weighted by molar-refractivity contribution is 0.269. The molecule has 1 aliphatic rings. The molecule has 0 bridgehead atoms. The number of aromatic nitrogens is 3. The average molecular weight is 487 g/mol. The standard InChI is InChI=1S/C25H34N6O2.ClH/c1-28-14-5-15-29(18-17-28)20-22-8-10-23(11-9-22)30-21-27-31(25(30)32)16-12-26-13-19-33-24-6-3-2-4-7-24;/h2-4,6-11,21,26H,5,12-20H2,1H3;1H. The first-order valence-electron chi connectivity index (χ1n) is 11.7. The van der Waals surface area contributed by atoms with Gasteiger partial charge in [-0.1, -0.05) is 30.3 Å². The Kier molecular flexibility index (Phi) is 10.2. The van der Waals surface area contributed by atoms with Crippen molar-refractivity contribution in [2.24, 2.45) is 0 Å². The number of rotatable bonds is 10. The third-order valence-corrected chi connectivity index (χ3v) is 5.96. The Hall–Kier alpha value is -2.65. The lowest BCUT2D eigenvalue weighted by Crippen LogP contribution is -2.30. The fourth-order valence-corrected chi connectivity index (χ4v) is 4.01. The summed E-state index contributed by atoms with van der Waals surface area (Å²) in [6.45, 7) is 7.90. The highest BCUT2D eigenvalue weighted by Crippen LogP contribution is 2.12. The van der Waals surface area contributed by atoms with E-state index in [9.17, 15) is 4.79 Å². The first kappa shape index (κ1) is 26.0. The van der Waals surface area contributed by atoms with Crippen LogP contribution in [0.15, 0.2) is 65.7 Å². The summed E-state index contributed by atoms with van der Waals surface area (Å²) in [6, 6.07) is 18.0. The third-order valence-electron chi connectivity index (χ3n) is 5.96. The van der Waals surface area contributed by atoms with Gasteiger partial charge in [-0.25, -0.2) is 14.0 Å². The van der Waals surface area contributed by atoms with E-state index in [1.54, 1.807) is 10.9 Å². The number of hydrogen-bond acceptors (Lipinski definition) is 6. The van der Waals surface area contributed by atoms with Gasteiger partial charge in [-0.3, -0.25) is 4.90 Å². The minimum atomic E-state index is -0.124. The summed E-state index contributed by atoms with van der Waals surface area (Å²) in [5.41, 5.74) is 1.99. The van der Waals surface area contributed by atoms with Crippen molar-refractivity contribution in [3.8, 4) is 11.4 Å². The minimum absolute atomic E-state index is 0. The topological polar surface area (TPSA) is 67.6 Å². The van der Waals surface area contributed by atoms with E-state index in [1.807, 2.05) is 42.5 Å². The van der Waals surface area contributed by atoms with E-state index >= 15 is 0 Å². The number of ether oxygens (including phenoxy) is 1. The Balaban J connectivity index is 0.00000324. The maximum Gasteiger partial charge on any atom is 0.350 e. The molecule has 0 saturated carbocycles. The number of halogens is 1. The van der Waals surface area contributed by atoms with Gasteiger partial charge in [0.1, 0.15) is 18.7 Å². The number of nitrogens with zero attached hydrogens (tertiary/aromatic N) is 5. The van der Waals surface area contributed by atoms with Crippen LogP contribution >= 0.6 is 12.4 Å². The number of benzene rings is 2. The molecule has 0 amide bonds. The molecule has 4 rings (SSSR count). The summed E-state index contributed by atoms with van der Waals surface area (Å²) in [7, 11) is 2.19. The summed E-state index contributed by atoms with van der Waals surface area (Å²) in [5.74, 6) is 0.860. The summed E-state index contributed by atoms with van der Waals surface area (Å²) < 4.78 is 8.75. The molecule has 1 N–H and O–H groups in total. The third kappa shape index (κ3) is 7.43. The van der Waals surface area contributed by atoms with Crippen LogP contribution in [0.5, 0.6) is 5.75 Å². The Morgan fingerprint density at radius 3 is 2.56 bits per heavy atom. The SMILES string of the molecule is CN1CCCN(Cc2ccc(-n3cnn(CCNCCOc4ccccc4)c3=O)cc2)CC1.Cl. The van der Waals surface area contributed by atoms with Crippen molar-refractivity contribution >= 4 is 12.4 Å². The van der Waals surface area contributed by atoms with Crippen molar-refractivity contribution in [1.82, 2.24) is 29.5 Å². The van der Waals surface area contributed by atoms with Gasteiger partial charge in [-0.15, -0.1) is 12.4 Å². The first-order valence-corrected chi connectivity index (χ1v) is 11.7. The molecule has 0 atom stereocenters. The second-order valence-corrected chi connectivity index (χ2v) is 8.52. The van der Waals surface area contributed by atoms with Gasteiger partial charge in [-0.05, 0) is 56.4 Å². The largest absolute Gasteiger partial charge is 0.492 e. The first-order chi connectivity index (χ1) is 16.2. The van der Waals surface area contributed by atoms with Crippen molar-refractivity contribution in [2.45, 2.75) is 19.5 Å². The van der Waals surface area contributed by atoms with E-state index in [2.05, 4.69) is 39.4 Å². The number of para-hydroxylation sites is 1. The molecule has 0 spiro atoms. The van der Waals surface area contributed by atoms with Crippen LogP contribution in [-0.4, -0.2) is 77.1 Å². The van der Waals surface area contributed by atoms with Crippen LogP contribution in [-0.2, 0) is 13.1 Å². The van der Waals surface area contributed by atoms with Crippen LogP contribution < -0.4 is 15.7 Å². The second kappa shape index (κ2) is 13.3. The van der Waals surface area contributed by atoms with Crippen LogP contribution in [0.25, 0.3) is 5.69 Å². The second-order valence-electron chi connectivity index (χ2n) is 8.52. The van der Waals surface area contributed by atoms with Crippen molar-refractivity contribution in [2.75, 3.05) is 52.9 Å². The molecule has 3 aromatic rings. The van der Waals surface area contributed by atoms with E-state index < -0.39 is 0 Å². The quantitative estimate of drug-likeness (QED) is 0.443. The molecule has 1 aliphatic heterocycles. The number of nitrogens with one attached hydrogen (secondary N) is 1. The molecule has 0 unspecified atom stereocenters. The molecule has 0 aliphatic carbocycles. The molecule has 184 valence electrons. The summed E-state index contributed by atoms with van der Waals surface area (Å²) in [5, 5.41) is 7.57. The molecule has 2 heterocycles. The van der Waals surface area contributed by atoms with Crippen LogP contribution in [0.1, 0.15) is 12.0 Å². The molecule has 1 fully saturated rings. The Morgan fingerprint density at radius 1 is 0.971 bits per heavy atom. The predicted molar refractivity (Wildman–Crippen MR) is 137 cm³/mol. The molecule has 0 radical (unpaired) electrons. The molecule has 2 aromatic carbocycles. The van der Waals surface area contributed by atoms with Crippen LogP contribution in [0, 0.1) is 0 Å². The predicted octanol–water partition coefficient (Wildman–Crippen LogP) is 2.26. The molecule has 1 saturated heterocycles. The van der Waals surface area contributed by atoms with Gasteiger partial charge >= 0.3 is 5.69 Å². The highest BCUT2D eigenvalue weighted by molar-refractivity contribution is 5.85. The maximum absolute atomic E-state index is 12.7. The van der Waals surface area contributed by atoms with Crippen molar-refractivity contribution in [1.29, 1.82) is 0 Å². The zero-order valence-corrected chi connectivity index (χ0v) is 20.6. The van der Waals surface area contributed by atoms with E-state index in [1.165, 1.54) is 23.2 Å². The maximum atomic E-state index is 12.7. The van der Waals surface area contributed by atoms with Gasteiger partial charge in [0.25, 0.3) is 0 Å². The average Bonchev–Trinajstić information content (AvgIpc) is 3.07. The summed E-state index contributed by atoms with van der Waals surface area (Å²) >= 11 is 0. The van der Waals surface area contributed by atoms with Crippen LogP contribution in [0.4, 0.5) is 0 Å². The van der Waals surface area contributed by atoms with E-state index in [-0.39, 0.29) is 18.1 Å². The normalized spacial score (nSPS) is 15.0. The zero-order chi connectivity index (χ0) is 22.9. The molecule has 9 heteroatoms. The van der Waals surface area contributed by atoms with Gasteiger partial charge in [0.05, 0.1) is 12.2 Å². The van der Waals surface area contributed by atoms with Crippen molar-refractivity contribution in [3.05, 3.63) is 77.0 Å². The van der Waals surface area contributed by atoms with Crippen LogP contribution in [0.3, 0.4) is 0 Å². The summed E-state index contributed by atoms with van der Waals surface area (Å²) in [4.78, 5) is 17.6. The van der Waals surface area contributed by atoms with Gasteiger partial charge in [-0.2, -0.15) is 5.10 Å². The van der Waals surface area contributed by atoms with Gasteiger partial charge in [0, 0.05) is 32.7 Å². The fraction of sp³-hybridized carbons (Fsp3) is 0.440. The van der Waals surface area contributed by atoms with Gasteiger partial charge in [0.2, 0.25) is 0 Å². The highest BCUT2D eigenvalue weighted by atomic mass is 35.5. The van der Waals surface area contributed by atoms with E-state index in [0.29, 0.717) is 26.2 Å². The van der Waals surface area contributed by atoms with Crippen molar-refractivity contribution in [3.63, 3.8) is 0 Å². The van der Waals surface area contributed by atoms with Crippen molar-refractivity contribution < 1.29 is 4.74 Å². The number of likely N-dealkylation sites (N-methyl/N-ethyl adjacent to an activating group) is 1. The van der Waals surface area contributed by atoms with Gasteiger partial charge < -0.3 is 15.0 Å². The Bertz CT molecular complexity index is 1040. The summed E-state index contributed by atoms with van der Waals surface area (Å²) in [6.07, 6.45) is 2.80.